The maximum atomic E-state index is 12.2. The first-order valence-electron chi connectivity index (χ1n) is 9.33. The molecule has 1 atom stereocenters. The monoisotopic (exact) mass is 376 g/mol. The van der Waals surface area contributed by atoms with E-state index < -0.39 is 5.60 Å². The number of carbonyl (C=O) groups excluding carboxylic acids is 1. The van der Waals surface area contributed by atoms with Gasteiger partial charge in [-0.1, -0.05) is 0 Å². The lowest BCUT2D eigenvalue weighted by Crippen LogP contribution is -2.42. The third-order valence-electron chi connectivity index (χ3n) is 4.40. The van der Waals surface area contributed by atoms with Gasteiger partial charge in [-0.05, 0) is 58.2 Å². The van der Waals surface area contributed by atoms with Crippen molar-refractivity contribution in [1.29, 1.82) is 0 Å². The van der Waals surface area contributed by atoms with Crippen LogP contribution in [0.1, 0.15) is 39.5 Å². The lowest BCUT2D eigenvalue weighted by molar-refractivity contribution is 0.0239. The molecule has 8 heteroatoms. The Morgan fingerprint density at radius 1 is 1.41 bits per heavy atom. The third-order valence-corrected chi connectivity index (χ3v) is 4.40. The first-order chi connectivity index (χ1) is 12.8. The molecule has 1 amide bonds. The Hall–Kier alpha value is -2.35. The molecule has 1 saturated heterocycles. The van der Waals surface area contributed by atoms with Gasteiger partial charge in [0.2, 0.25) is 5.89 Å². The lowest BCUT2D eigenvalue weighted by atomic mass is 9.97. The Bertz CT molecular complexity index is 735. The average molecular weight is 376 g/mol. The van der Waals surface area contributed by atoms with Crippen LogP contribution in [-0.2, 0) is 11.3 Å². The summed E-state index contributed by atoms with van der Waals surface area (Å²) in [4.78, 5) is 16.1. The van der Waals surface area contributed by atoms with Crippen molar-refractivity contribution in [3.05, 3.63) is 24.3 Å². The predicted molar refractivity (Wildman–Crippen MR) is 98.9 cm³/mol. The average Bonchev–Trinajstić information content (AvgIpc) is 3.24. The van der Waals surface area contributed by atoms with E-state index >= 15 is 0 Å². The van der Waals surface area contributed by atoms with Gasteiger partial charge in [-0.3, -0.25) is 4.90 Å². The smallest absolute Gasteiger partial charge is 0.410 e. The van der Waals surface area contributed by atoms with Crippen LogP contribution in [-0.4, -0.2) is 58.4 Å². The maximum Gasteiger partial charge on any atom is 0.410 e. The molecule has 0 unspecified atom stereocenters. The molecular formula is C19H28N4O4. The molecule has 0 spiro atoms. The second-order valence-corrected chi connectivity index (χ2v) is 8.08. The number of nitrogens with zero attached hydrogens (tertiary/aromatic N) is 4. The highest BCUT2D eigenvalue weighted by Gasteiger charge is 2.26. The summed E-state index contributed by atoms with van der Waals surface area (Å²) >= 11 is 0. The standard InChI is InChI=1S/C19H28N4O4/c1-19(2,3)27-18(24)22(4)11-14-7-5-9-23(12-14)13-16-20-21-17(26-16)15-8-6-10-25-15/h6,8,10,14H,5,7,9,11-13H2,1-4H3/t14-/m1/s1. The fourth-order valence-electron chi connectivity index (χ4n) is 3.25. The molecule has 3 heterocycles. The molecule has 148 valence electrons. The summed E-state index contributed by atoms with van der Waals surface area (Å²) < 4.78 is 16.4. The van der Waals surface area contributed by atoms with Crippen LogP contribution in [0.4, 0.5) is 4.79 Å². The summed E-state index contributed by atoms with van der Waals surface area (Å²) in [6.07, 6.45) is 3.46. The van der Waals surface area contributed by atoms with E-state index in [1.54, 1.807) is 30.3 Å². The second kappa shape index (κ2) is 8.12. The van der Waals surface area contributed by atoms with Crippen molar-refractivity contribution in [2.45, 2.75) is 45.8 Å². The van der Waals surface area contributed by atoms with E-state index in [0.29, 0.717) is 36.5 Å². The molecule has 2 aromatic heterocycles. The number of hydrogen-bond donors (Lipinski definition) is 0. The number of rotatable bonds is 5. The largest absolute Gasteiger partial charge is 0.459 e. The number of likely N-dealkylation sites (tertiary alicyclic amines) is 1. The van der Waals surface area contributed by atoms with Crippen LogP contribution in [0.5, 0.6) is 0 Å². The molecule has 0 aromatic carbocycles. The van der Waals surface area contributed by atoms with E-state index in [-0.39, 0.29) is 6.09 Å². The molecule has 1 aliphatic heterocycles. The molecule has 0 saturated carbocycles. The highest BCUT2D eigenvalue weighted by molar-refractivity contribution is 5.67. The van der Waals surface area contributed by atoms with E-state index in [0.717, 1.165) is 25.9 Å². The Kier molecular flexibility index (Phi) is 5.84. The number of aromatic nitrogens is 2. The molecule has 2 aromatic rings. The van der Waals surface area contributed by atoms with Gasteiger partial charge in [0, 0.05) is 20.1 Å². The fourth-order valence-corrected chi connectivity index (χ4v) is 3.25. The topological polar surface area (TPSA) is 84.8 Å². The number of carbonyl (C=O) groups is 1. The second-order valence-electron chi connectivity index (χ2n) is 8.08. The molecule has 0 bridgehead atoms. The van der Waals surface area contributed by atoms with Gasteiger partial charge in [-0.15, -0.1) is 10.2 Å². The summed E-state index contributed by atoms with van der Waals surface area (Å²) in [5.74, 6) is 1.93. The zero-order valence-electron chi connectivity index (χ0n) is 16.5. The van der Waals surface area contributed by atoms with Gasteiger partial charge >= 0.3 is 6.09 Å². The fraction of sp³-hybridized carbons (Fsp3) is 0.632. The summed E-state index contributed by atoms with van der Waals surface area (Å²) in [5, 5.41) is 8.16. The Morgan fingerprint density at radius 3 is 2.93 bits per heavy atom. The van der Waals surface area contributed by atoms with Crippen LogP contribution in [0.2, 0.25) is 0 Å². The summed E-state index contributed by atoms with van der Waals surface area (Å²) in [6, 6.07) is 3.58. The van der Waals surface area contributed by atoms with E-state index in [1.807, 2.05) is 20.8 Å². The third kappa shape index (κ3) is 5.56. The normalized spacial score (nSPS) is 18.4. The highest BCUT2D eigenvalue weighted by Crippen LogP contribution is 2.22. The minimum atomic E-state index is -0.479. The minimum Gasteiger partial charge on any atom is -0.459 e. The van der Waals surface area contributed by atoms with Gasteiger partial charge < -0.3 is 18.5 Å². The zero-order chi connectivity index (χ0) is 19.4. The van der Waals surface area contributed by atoms with Crippen LogP contribution >= 0.6 is 0 Å². The van der Waals surface area contributed by atoms with Gasteiger partial charge in [0.15, 0.2) is 5.76 Å². The summed E-state index contributed by atoms with van der Waals surface area (Å²) in [6.45, 7) is 8.76. The van der Waals surface area contributed by atoms with Crippen molar-refractivity contribution < 1.29 is 18.4 Å². The quantitative estimate of drug-likeness (QED) is 0.790. The molecule has 0 aliphatic carbocycles. The molecular weight excluding hydrogens is 348 g/mol. The SMILES string of the molecule is CN(C[C@H]1CCCN(Cc2nnc(-c3ccco3)o2)C1)C(=O)OC(C)(C)C. The van der Waals surface area contributed by atoms with Crippen LogP contribution in [0.15, 0.2) is 27.2 Å². The van der Waals surface area contributed by atoms with Gasteiger partial charge in [-0.2, -0.15) is 0 Å². The molecule has 0 radical (unpaired) electrons. The predicted octanol–water partition coefficient (Wildman–Crippen LogP) is 3.41. The van der Waals surface area contributed by atoms with Crippen molar-refractivity contribution in [1.82, 2.24) is 20.0 Å². The van der Waals surface area contributed by atoms with Crippen LogP contribution in [0.25, 0.3) is 11.7 Å². The molecule has 1 aliphatic rings. The number of ether oxygens (including phenoxy) is 1. The Balaban J connectivity index is 1.51. The lowest BCUT2D eigenvalue weighted by Gasteiger charge is -2.34. The van der Waals surface area contributed by atoms with Gasteiger partial charge in [0.05, 0.1) is 12.8 Å². The van der Waals surface area contributed by atoms with Crippen molar-refractivity contribution >= 4 is 6.09 Å². The Morgan fingerprint density at radius 2 is 2.22 bits per heavy atom. The minimum absolute atomic E-state index is 0.278. The van der Waals surface area contributed by atoms with Crippen molar-refractivity contribution in [3.8, 4) is 11.7 Å². The number of furan rings is 1. The number of piperidine rings is 1. The van der Waals surface area contributed by atoms with Gasteiger partial charge in [0.1, 0.15) is 5.60 Å². The van der Waals surface area contributed by atoms with E-state index in [9.17, 15) is 4.79 Å². The molecule has 8 nitrogen and oxygen atoms in total. The highest BCUT2D eigenvalue weighted by atomic mass is 16.6. The molecule has 27 heavy (non-hydrogen) atoms. The van der Waals surface area contributed by atoms with Crippen LogP contribution < -0.4 is 0 Å². The first kappa shape index (κ1) is 19.4. The zero-order valence-corrected chi connectivity index (χ0v) is 16.5. The van der Waals surface area contributed by atoms with Crippen molar-refractivity contribution in [2.75, 3.05) is 26.7 Å². The van der Waals surface area contributed by atoms with Crippen molar-refractivity contribution in [2.24, 2.45) is 5.92 Å². The summed E-state index contributed by atoms with van der Waals surface area (Å²) in [5.41, 5.74) is -0.479. The van der Waals surface area contributed by atoms with Crippen molar-refractivity contribution in [3.63, 3.8) is 0 Å². The van der Waals surface area contributed by atoms with Gasteiger partial charge in [-0.25, -0.2) is 4.79 Å². The Labute approximate surface area is 159 Å². The van der Waals surface area contributed by atoms with Crippen LogP contribution in [0.3, 0.4) is 0 Å². The number of hydrogen-bond acceptors (Lipinski definition) is 7. The first-order valence-corrected chi connectivity index (χ1v) is 9.33. The van der Waals surface area contributed by atoms with Crippen LogP contribution in [0, 0.1) is 5.92 Å². The van der Waals surface area contributed by atoms with E-state index in [2.05, 4.69) is 15.1 Å². The van der Waals surface area contributed by atoms with Gasteiger partial charge in [0.25, 0.3) is 5.89 Å². The molecule has 1 fully saturated rings. The molecule has 3 rings (SSSR count). The maximum absolute atomic E-state index is 12.2. The molecule has 0 N–H and O–H groups in total. The number of amides is 1. The van der Waals surface area contributed by atoms with E-state index in [1.165, 1.54) is 0 Å². The summed E-state index contributed by atoms with van der Waals surface area (Å²) in [7, 11) is 1.79. The van der Waals surface area contributed by atoms with E-state index in [4.69, 9.17) is 13.6 Å².